The van der Waals surface area contributed by atoms with E-state index in [1.807, 2.05) is 0 Å². The summed E-state index contributed by atoms with van der Waals surface area (Å²) in [5.41, 5.74) is 0. The molecule has 21 heavy (non-hydrogen) atoms. The molecule has 4 nitrogen and oxygen atoms in total. The summed E-state index contributed by atoms with van der Waals surface area (Å²) < 4.78 is 5.33. The Kier molecular flexibility index (Phi) is 14.4. The molecule has 5 heteroatoms. The molecule has 1 aliphatic rings. The number of amides is 1. The number of hydrogen-bond acceptors (Lipinski definition) is 3. The van der Waals surface area contributed by atoms with Crippen LogP contribution in [0.25, 0.3) is 0 Å². The van der Waals surface area contributed by atoms with Crippen molar-refractivity contribution in [1.29, 1.82) is 0 Å². The minimum Gasteiger partial charge on any atom is -0.372 e. The van der Waals surface area contributed by atoms with Crippen molar-refractivity contribution in [2.45, 2.75) is 70.8 Å². The molecule has 1 amide bonds. The van der Waals surface area contributed by atoms with Gasteiger partial charge in [-0.3, -0.25) is 4.79 Å². The SMILES string of the molecule is CCCCCOCC(=O)NCCNC1CCCCCC1.Cl. The van der Waals surface area contributed by atoms with E-state index < -0.39 is 0 Å². The summed E-state index contributed by atoms with van der Waals surface area (Å²) in [7, 11) is 0. The summed E-state index contributed by atoms with van der Waals surface area (Å²) in [4.78, 5) is 11.5. The van der Waals surface area contributed by atoms with Crippen molar-refractivity contribution in [1.82, 2.24) is 10.6 Å². The molecule has 0 radical (unpaired) electrons. The summed E-state index contributed by atoms with van der Waals surface area (Å²) in [6, 6.07) is 0.652. The van der Waals surface area contributed by atoms with Crippen LogP contribution in [0.3, 0.4) is 0 Å². The minimum absolute atomic E-state index is 0. The van der Waals surface area contributed by atoms with Gasteiger partial charge in [0.1, 0.15) is 6.61 Å². The van der Waals surface area contributed by atoms with Crippen LogP contribution in [0.2, 0.25) is 0 Å². The smallest absolute Gasteiger partial charge is 0.246 e. The highest BCUT2D eigenvalue weighted by molar-refractivity contribution is 5.85. The van der Waals surface area contributed by atoms with Gasteiger partial charge in [-0.25, -0.2) is 0 Å². The van der Waals surface area contributed by atoms with Crippen LogP contribution < -0.4 is 10.6 Å². The molecule has 0 unspecified atom stereocenters. The van der Waals surface area contributed by atoms with E-state index in [9.17, 15) is 4.79 Å². The maximum atomic E-state index is 11.5. The topological polar surface area (TPSA) is 50.4 Å². The highest BCUT2D eigenvalue weighted by Gasteiger charge is 2.10. The van der Waals surface area contributed by atoms with Crippen molar-refractivity contribution in [3.63, 3.8) is 0 Å². The number of hydrogen-bond donors (Lipinski definition) is 2. The largest absolute Gasteiger partial charge is 0.372 e. The third-order valence-electron chi connectivity index (χ3n) is 3.86. The van der Waals surface area contributed by atoms with Gasteiger partial charge in [0.2, 0.25) is 5.91 Å². The summed E-state index contributed by atoms with van der Waals surface area (Å²) in [5, 5.41) is 6.45. The predicted octanol–water partition coefficient (Wildman–Crippen LogP) is 3.04. The van der Waals surface area contributed by atoms with E-state index in [1.54, 1.807) is 0 Å². The fourth-order valence-electron chi connectivity index (χ4n) is 2.63. The van der Waals surface area contributed by atoms with Crippen LogP contribution in [-0.2, 0) is 9.53 Å². The first kappa shape index (κ1) is 20.7. The lowest BCUT2D eigenvalue weighted by Crippen LogP contribution is -2.38. The zero-order valence-electron chi connectivity index (χ0n) is 13.5. The van der Waals surface area contributed by atoms with E-state index in [0.717, 1.165) is 13.0 Å². The normalized spacial score (nSPS) is 16.0. The lowest BCUT2D eigenvalue weighted by Gasteiger charge is -2.16. The fraction of sp³-hybridized carbons (Fsp3) is 0.938. The Morgan fingerprint density at radius 2 is 1.81 bits per heavy atom. The molecule has 0 aliphatic heterocycles. The summed E-state index contributed by atoms with van der Waals surface area (Å²) in [6.07, 6.45) is 11.4. The third-order valence-corrected chi connectivity index (χ3v) is 3.86. The number of ether oxygens (including phenoxy) is 1. The van der Waals surface area contributed by atoms with Gasteiger partial charge >= 0.3 is 0 Å². The van der Waals surface area contributed by atoms with Gasteiger partial charge < -0.3 is 15.4 Å². The maximum Gasteiger partial charge on any atom is 0.246 e. The molecule has 1 saturated carbocycles. The lowest BCUT2D eigenvalue weighted by molar-refractivity contribution is -0.125. The summed E-state index contributed by atoms with van der Waals surface area (Å²) in [6.45, 7) is 4.63. The highest BCUT2D eigenvalue weighted by atomic mass is 35.5. The molecule has 0 spiro atoms. The molecule has 0 heterocycles. The standard InChI is InChI=1S/C16H32N2O2.ClH/c1-2-3-8-13-20-14-16(19)18-12-11-17-15-9-6-4-5-7-10-15;/h15,17H,2-14H2,1H3,(H,18,19);1H. The van der Waals surface area contributed by atoms with Crippen molar-refractivity contribution in [2.24, 2.45) is 0 Å². The molecule has 1 aliphatic carbocycles. The summed E-state index contributed by atoms with van der Waals surface area (Å²) >= 11 is 0. The minimum atomic E-state index is 0. The predicted molar refractivity (Wildman–Crippen MR) is 90.1 cm³/mol. The van der Waals surface area contributed by atoms with Crippen molar-refractivity contribution in [3.8, 4) is 0 Å². The fourth-order valence-corrected chi connectivity index (χ4v) is 2.63. The van der Waals surface area contributed by atoms with Crippen LogP contribution in [0, 0.1) is 0 Å². The highest BCUT2D eigenvalue weighted by Crippen LogP contribution is 2.16. The van der Waals surface area contributed by atoms with Crippen LogP contribution in [0.4, 0.5) is 0 Å². The number of rotatable bonds is 10. The second-order valence-corrected chi connectivity index (χ2v) is 5.75. The van der Waals surface area contributed by atoms with Crippen LogP contribution in [0.15, 0.2) is 0 Å². The van der Waals surface area contributed by atoms with Crippen molar-refractivity contribution in [3.05, 3.63) is 0 Å². The van der Waals surface area contributed by atoms with Gasteiger partial charge in [0.15, 0.2) is 0 Å². The van der Waals surface area contributed by atoms with Gasteiger partial charge in [-0.05, 0) is 19.3 Å². The Morgan fingerprint density at radius 1 is 1.10 bits per heavy atom. The molecular weight excluding hydrogens is 288 g/mol. The van der Waals surface area contributed by atoms with Gasteiger partial charge in [-0.2, -0.15) is 0 Å². The van der Waals surface area contributed by atoms with E-state index in [1.165, 1.54) is 51.4 Å². The van der Waals surface area contributed by atoms with E-state index in [4.69, 9.17) is 4.74 Å². The number of carbonyl (C=O) groups excluding carboxylic acids is 1. The third kappa shape index (κ3) is 12.0. The zero-order valence-corrected chi connectivity index (χ0v) is 14.3. The first-order chi connectivity index (χ1) is 9.83. The number of unbranched alkanes of at least 4 members (excludes halogenated alkanes) is 2. The molecule has 1 fully saturated rings. The lowest BCUT2D eigenvalue weighted by atomic mass is 10.1. The average Bonchev–Trinajstić information content (AvgIpc) is 2.72. The Morgan fingerprint density at radius 3 is 2.48 bits per heavy atom. The Hall–Kier alpha value is -0.320. The Labute approximate surface area is 136 Å². The quantitative estimate of drug-likeness (QED) is 0.480. The van der Waals surface area contributed by atoms with Crippen LogP contribution in [-0.4, -0.2) is 38.3 Å². The molecule has 0 bridgehead atoms. The zero-order chi connectivity index (χ0) is 14.5. The molecule has 0 saturated heterocycles. The number of halogens is 1. The van der Waals surface area contributed by atoms with Crippen LogP contribution in [0.5, 0.6) is 0 Å². The van der Waals surface area contributed by atoms with Gasteiger partial charge in [0, 0.05) is 25.7 Å². The van der Waals surface area contributed by atoms with Crippen LogP contribution in [0.1, 0.15) is 64.7 Å². The maximum absolute atomic E-state index is 11.5. The van der Waals surface area contributed by atoms with E-state index in [-0.39, 0.29) is 24.9 Å². The second-order valence-electron chi connectivity index (χ2n) is 5.75. The van der Waals surface area contributed by atoms with Crippen LogP contribution >= 0.6 is 12.4 Å². The number of nitrogens with one attached hydrogen (secondary N) is 2. The first-order valence-corrected chi connectivity index (χ1v) is 8.40. The second kappa shape index (κ2) is 14.6. The molecular formula is C16H33ClN2O2. The van der Waals surface area contributed by atoms with Crippen molar-refractivity contribution in [2.75, 3.05) is 26.3 Å². The van der Waals surface area contributed by atoms with Gasteiger partial charge in [-0.15, -0.1) is 12.4 Å². The van der Waals surface area contributed by atoms with E-state index in [0.29, 0.717) is 19.2 Å². The molecule has 2 N–H and O–H groups in total. The van der Waals surface area contributed by atoms with E-state index >= 15 is 0 Å². The Bertz CT molecular complexity index is 244. The molecule has 0 aromatic heterocycles. The Balaban J connectivity index is 0.00000400. The molecule has 0 aromatic carbocycles. The molecule has 0 aromatic rings. The van der Waals surface area contributed by atoms with Crippen molar-refractivity contribution >= 4 is 18.3 Å². The van der Waals surface area contributed by atoms with Gasteiger partial charge in [0.05, 0.1) is 0 Å². The molecule has 0 atom stereocenters. The first-order valence-electron chi connectivity index (χ1n) is 8.40. The molecule has 126 valence electrons. The molecule has 1 rings (SSSR count). The summed E-state index contributed by atoms with van der Waals surface area (Å²) in [5.74, 6) is 0.00386. The average molecular weight is 321 g/mol. The van der Waals surface area contributed by atoms with Gasteiger partial charge in [-0.1, -0.05) is 45.4 Å². The number of carbonyl (C=O) groups is 1. The van der Waals surface area contributed by atoms with E-state index in [2.05, 4.69) is 17.6 Å². The monoisotopic (exact) mass is 320 g/mol. The van der Waals surface area contributed by atoms with Crippen molar-refractivity contribution < 1.29 is 9.53 Å². The van der Waals surface area contributed by atoms with Gasteiger partial charge in [0.25, 0.3) is 0 Å².